The van der Waals surface area contributed by atoms with E-state index in [1.807, 2.05) is 12.3 Å². The highest BCUT2D eigenvalue weighted by molar-refractivity contribution is 5.54. The minimum absolute atomic E-state index is 0.0730. The summed E-state index contributed by atoms with van der Waals surface area (Å²) in [5.74, 6) is 2.25. The first kappa shape index (κ1) is 15.4. The van der Waals surface area contributed by atoms with Gasteiger partial charge in [0.2, 0.25) is 0 Å². The fourth-order valence-corrected chi connectivity index (χ4v) is 1.90. The number of anilines is 2. The molecule has 0 aromatic carbocycles. The summed E-state index contributed by atoms with van der Waals surface area (Å²) in [6.07, 6.45) is 3.57. The maximum atomic E-state index is 8.91. The lowest BCUT2D eigenvalue weighted by Gasteiger charge is -2.12. The Morgan fingerprint density at radius 2 is 1.95 bits per heavy atom. The second-order valence-corrected chi connectivity index (χ2v) is 5.69. The number of hydrogen-bond acceptors (Lipinski definition) is 5. The summed E-state index contributed by atoms with van der Waals surface area (Å²) in [4.78, 5) is 9.16. The molecule has 114 valence electrons. The predicted octanol–water partition coefficient (Wildman–Crippen LogP) is 2.66. The molecule has 0 saturated carbocycles. The van der Waals surface area contributed by atoms with E-state index in [0.29, 0.717) is 12.5 Å². The van der Waals surface area contributed by atoms with E-state index >= 15 is 0 Å². The Morgan fingerprint density at radius 3 is 2.57 bits per heavy atom. The lowest BCUT2D eigenvalue weighted by atomic mass is 10.1. The first-order valence-electron chi connectivity index (χ1n) is 7.28. The third-order valence-corrected chi connectivity index (χ3v) is 3.11. The molecule has 0 aliphatic carbocycles. The monoisotopic (exact) mass is 289 g/mol. The molecule has 0 amide bonds. The summed E-state index contributed by atoms with van der Waals surface area (Å²) >= 11 is 0. The van der Waals surface area contributed by atoms with Crippen molar-refractivity contribution in [1.29, 1.82) is 0 Å². The molecule has 0 bridgehead atoms. The average molecular weight is 289 g/mol. The van der Waals surface area contributed by atoms with Gasteiger partial charge in [-0.3, -0.25) is 4.68 Å². The molecule has 2 N–H and O–H groups in total. The number of aliphatic hydroxyl groups is 1. The van der Waals surface area contributed by atoms with E-state index in [0.717, 1.165) is 23.0 Å². The number of aliphatic hydroxyl groups excluding tert-OH is 1. The van der Waals surface area contributed by atoms with Crippen molar-refractivity contribution in [2.24, 2.45) is 0 Å². The van der Waals surface area contributed by atoms with Crippen LogP contribution in [0.15, 0.2) is 18.5 Å². The lowest BCUT2D eigenvalue weighted by molar-refractivity contribution is 0.269. The number of aromatic nitrogens is 4. The van der Waals surface area contributed by atoms with Crippen LogP contribution in [0.3, 0.4) is 0 Å². The third-order valence-electron chi connectivity index (χ3n) is 3.11. The third kappa shape index (κ3) is 4.01. The van der Waals surface area contributed by atoms with Gasteiger partial charge in [-0.05, 0) is 5.92 Å². The van der Waals surface area contributed by atoms with Crippen LogP contribution in [0.2, 0.25) is 0 Å². The largest absolute Gasteiger partial charge is 0.394 e. The van der Waals surface area contributed by atoms with Crippen molar-refractivity contribution in [3.63, 3.8) is 0 Å². The van der Waals surface area contributed by atoms with Gasteiger partial charge in [-0.15, -0.1) is 0 Å². The van der Waals surface area contributed by atoms with Crippen LogP contribution in [0.4, 0.5) is 11.5 Å². The van der Waals surface area contributed by atoms with E-state index in [1.165, 1.54) is 0 Å². The first-order chi connectivity index (χ1) is 9.99. The highest BCUT2D eigenvalue weighted by atomic mass is 16.3. The maximum Gasteiger partial charge on any atom is 0.134 e. The van der Waals surface area contributed by atoms with Crippen molar-refractivity contribution in [2.75, 3.05) is 11.9 Å². The quantitative estimate of drug-likeness (QED) is 0.855. The van der Waals surface area contributed by atoms with Crippen molar-refractivity contribution in [2.45, 2.75) is 46.1 Å². The molecule has 2 heterocycles. The molecule has 0 atom stereocenters. The molecule has 6 heteroatoms. The number of nitrogens with zero attached hydrogens (tertiary/aromatic N) is 4. The van der Waals surface area contributed by atoms with Crippen LogP contribution in [0.25, 0.3) is 0 Å². The average Bonchev–Trinajstić information content (AvgIpc) is 2.86. The van der Waals surface area contributed by atoms with Crippen molar-refractivity contribution in [3.8, 4) is 0 Å². The van der Waals surface area contributed by atoms with Crippen LogP contribution in [0.5, 0.6) is 0 Å². The fraction of sp³-hybridized carbons (Fsp3) is 0.533. The fourth-order valence-electron chi connectivity index (χ4n) is 1.90. The minimum atomic E-state index is 0.0730. The molecule has 2 aromatic heterocycles. The molecule has 0 unspecified atom stereocenters. The van der Waals surface area contributed by atoms with Crippen LogP contribution >= 0.6 is 0 Å². The Labute approximate surface area is 125 Å². The van der Waals surface area contributed by atoms with Gasteiger partial charge in [-0.1, -0.05) is 27.7 Å². The zero-order valence-corrected chi connectivity index (χ0v) is 13.0. The molecule has 0 fully saturated rings. The Morgan fingerprint density at radius 1 is 1.19 bits per heavy atom. The molecule has 0 aliphatic heterocycles. The molecule has 21 heavy (non-hydrogen) atoms. The van der Waals surface area contributed by atoms with Gasteiger partial charge >= 0.3 is 0 Å². The normalized spacial score (nSPS) is 11.4. The van der Waals surface area contributed by atoms with Crippen molar-refractivity contribution in [3.05, 3.63) is 30.0 Å². The number of rotatable bonds is 6. The molecular formula is C15H23N5O. The van der Waals surface area contributed by atoms with E-state index in [9.17, 15) is 0 Å². The lowest BCUT2D eigenvalue weighted by Crippen LogP contribution is -2.06. The Kier molecular flexibility index (Phi) is 4.90. The minimum Gasteiger partial charge on any atom is -0.394 e. The smallest absolute Gasteiger partial charge is 0.134 e. The molecule has 2 aromatic rings. The standard InChI is InChI=1S/C15H23N5O/c1-10(2)13-7-14(19-15(18-13)11(3)4)17-12-8-16-20(9-12)5-6-21/h7-11,21H,5-6H2,1-4H3,(H,17,18,19). The van der Waals surface area contributed by atoms with Crippen LogP contribution in [-0.2, 0) is 6.54 Å². The first-order valence-corrected chi connectivity index (χ1v) is 7.28. The van der Waals surface area contributed by atoms with E-state index in [4.69, 9.17) is 5.11 Å². The summed E-state index contributed by atoms with van der Waals surface area (Å²) in [6.45, 7) is 8.97. The van der Waals surface area contributed by atoms with Crippen LogP contribution in [0, 0.1) is 0 Å². The molecule has 2 rings (SSSR count). The van der Waals surface area contributed by atoms with E-state index in [-0.39, 0.29) is 12.5 Å². The second-order valence-electron chi connectivity index (χ2n) is 5.69. The summed E-state index contributed by atoms with van der Waals surface area (Å²) < 4.78 is 1.69. The van der Waals surface area contributed by atoms with Crippen LogP contribution in [-0.4, -0.2) is 31.5 Å². The van der Waals surface area contributed by atoms with Gasteiger partial charge in [0.25, 0.3) is 0 Å². The Balaban J connectivity index is 2.25. The summed E-state index contributed by atoms with van der Waals surface area (Å²) in [7, 11) is 0. The number of hydrogen-bond donors (Lipinski definition) is 2. The highest BCUT2D eigenvalue weighted by Gasteiger charge is 2.11. The number of nitrogens with one attached hydrogen (secondary N) is 1. The predicted molar refractivity (Wildman–Crippen MR) is 82.8 cm³/mol. The topological polar surface area (TPSA) is 75.9 Å². The van der Waals surface area contributed by atoms with Crippen molar-refractivity contribution in [1.82, 2.24) is 19.7 Å². The van der Waals surface area contributed by atoms with Gasteiger partial charge in [0.1, 0.15) is 11.6 Å². The molecular weight excluding hydrogens is 266 g/mol. The summed E-state index contributed by atoms with van der Waals surface area (Å²) in [5, 5.41) is 16.3. The maximum absolute atomic E-state index is 8.91. The second kappa shape index (κ2) is 6.67. The van der Waals surface area contributed by atoms with Gasteiger partial charge in [0.05, 0.1) is 25.0 Å². The molecule has 0 spiro atoms. The SMILES string of the molecule is CC(C)c1cc(Nc2cnn(CCO)c2)nc(C(C)C)n1. The molecule has 0 saturated heterocycles. The van der Waals surface area contributed by atoms with Gasteiger partial charge in [0, 0.05) is 23.9 Å². The molecule has 0 radical (unpaired) electrons. The van der Waals surface area contributed by atoms with Crippen molar-refractivity contribution < 1.29 is 5.11 Å². The van der Waals surface area contributed by atoms with Gasteiger partial charge < -0.3 is 10.4 Å². The zero-order chi connectivity index (χ0) is 15.4. The van der Waals surface area contributed by atoms with Gasteiger partial charge in [0.15, 0.2) is 0 Å². The van der Waals surface area contributed by atoms with Gasteiger partial charge in [-0.25, -0.2) is 9.97 Å². The Bertz CT molecular complexity index is 565. The summed E-state index contributed by atoms with van der Waals surface area (Å²) in [6, 6.07) is 1.97. The zero-order valence-electron chi connectivity index (χ0n) is 13.0. The highest BCUT2D eigenvalue weighted by Crippen LogP contribution is 2.21. The van der Waals surface area contributed by atoms with Crippen LogP contribution in [0.1, 0.15) is 51.0 Å². The molecule has 0 aliphatic rings. The summed E-state index contributed by atoms with van der Waals surface area (Å²) in [5.41, 5.74) is 1.88. The van der Waals surface area contributed by atoms with E-state index < -0.39 is 0 Å². The van der Waals surface area contributed by atoms with E-state index in [1.54, 1.807) is 10.9 Å². The van der Waals surface area contributed by atoms with Crippen LogP contribution < -0.4 is 5.32 Å². The molecule has 6 nitrogen and oxygen atoms in total. The van der Waals surface area contributed by atoms with Crippen molar-refractivity contribution >= 4 is 11.5 Å². The van der Waals surface area contributed by atoms with E-state index in [2.05, 4.69) is 48.1 Å². The Hall–Kier alpha value is -1.95. The van der Waals surface area contributed by atoms with Gasteiger partial charge in [-0.2, -0.15) is 5.10 Å².